The summed E-state index contributed by atoms with van der Waals surface area (Å²) in [4.78, 5) is 11.0. The number of methoxy groups -OCH3 is 1. The fourth-order valence-electron chi connectivity index (χ4n) is 5.95. The molecular weight excluding hydrogens is 432 g/mol. The molecule has 0 aromatic rings. The summed E-state index contributed by atoms with van der Waals surface area (Å²) in [5.74, 6) is 1.63. The van der Waals surface area contributed by atoms with E-state index in [1.54, 1.807) is 5.57 Å². The minimum Gasteiger partial charge on any atom is -0.466 e. The van der Waals surface area contributed by atoms with Crippen LogP contribution in [0.25, 0.3) is 0 Å². The Morgan fingerprint density at radius 3 is 2.51 bits per heavy atom. The molecule has 0 aromatic carbocycles. The lowest BCUT2D eigenvalue weighted by molar-refractivity contribution is -0.136. The predicted octanol–water partition coefficient (Wildman–Crippen LogP) is 8.74. The van der Waals surface area contributed by atoms with Gasteiger partial charge in [0.2, 0.25) is 0 Å². The van der Waals surface area contributed by atoms with E-state index in [2.05, 4.69) is 50.8 Å². The summed E-state index contributed by atoms with van der Waals surface area (Å²) in [6.45, 7) is 20.9. The van der Waals surface area contributed by atoms with Crippen LogP contribution in [0.15, 0.2) is 47.6 Å². The van der Waals surface area contributed by atoms with Crippen molar-refractivity contribution < 1.29 is 14.6 Å². The van der Waals surface area contributed by atoms with Gasteiger partial charge in [-0.1, -0.05) is 85.3 Å². The SMILES string of the molecule is C=C(C(=O)OC)C(C)CCCC.C=C1/C(=C\C=C2/CCCC3(C)C(C)CCC23)CCCC1O.CC. The zero-order chi connectivity index (χ0) is 26.6. The molecule has 3 nitrogen and oxygen atoms in total. The molecule has 35 heavy (non-hydrogen) atoms. The van der Waals surface area contributed by atoms with Gasteiger partial charge in [0.15, 0.2) is 0 Å². The summed E-state index contributed by atoms with van der Waals surface area (Å²) in [7, 11) is 1.39. The number of carbonyl (C=O) groups is 1. The molecule has 3 aliphatic rings. The van der Waals surface area contributed by atoms with Gasteiger partial charge in [0, 0.05) is 5.57 Å². The Morgan fingerprint density at radius 2 is 1.89 bits per heavy atom. The second-order valence-corrected chi connectivity index (χ2v) is 10.8. The van der Waals surface area contributed by atoms with Crippen LogP contribution in [0.5, 0.6) is 0 Å². The van der Waals surface area contributed by atoms with E-state index in [4.69, 9.17) is 0 Å². The van der Waals surface area contributed by atoms with Gasteiger partial charge in [0.05, 0.1) is 13.2 Å². The molecule has 0 saturated heterocycles. The number of ether oxygens (including phenoxy) is 1. The van der Waals surface area contributed by atoms with Crippen LogP contribution in [0.4, 0.5) is 0 Å². The van der Waals surface area contributed by atoms with E-state index in [0.717, 1.165) is 55.9 Å². The molecule has 1 N–H and O–H groups in total. The van der Waals surface area contributed by atoms with Gasteiger partial charge in [-0.05, 0) is 92.1 Å². The highest BCUT2D eigenvalue weighted by Gasteiger charge is 2.46. The van der Waals surface area contributed by atoms with Crippen molar-refractivity contribution in [3.05, 3.63) is 47.6 Å². The number of rotatable bonds is 6. The first-order chi connectivity index (χ1) is 16.7. The van der Waals surface area contributed by atoms with Gasteiger partial charge in [-0.25, -0.2) is 4.79 Å². The van der Waals surface area contributed by atoms with Crippen LogP contribution in [0.1, 0.15) is 112 Å². The van der Waals surface area contributed by atoms with Crippen LogP contribution in [0.2, 0.25) is 0 Å². The number of esters is 1. The minimum atomic E-state index is -0.313. The molecule has 3 aliphatic carbocycles. The molecule has 3 heteroatoms. The van der Waals surface area contributed by atoms with Crippen LogP contribution in [0, 0.1) is 23.2 Å². The van der Waals surface area contributed by atoms with E-state index in [1.165, 1.54) is 44.8 Å². The van der Waals surface area contributed by atoms with Gasteiger partial charge >= 0.3 is 5.97 Å². The Bertz CT molecular complexity index is 759. The number of allylic oxidation sites excluding steroid dienone is 3. The standard InChI is InChI=1S/C20H30O.C10H18O2.C2H6/c1-14-9-12-18-17(7-5-13-20(14,18)3)11-10-16-6-4-8-19(21)15(16)2;1-5-6-7-8(2)9(3)10(11)12-4;1-2/h10-11,14,18-19,21H,2,4-9,12-13H2,1,3H3;8H,3,5-7H2,1-2,4H3;1-2H3/b16-10-,17-11+;;. The first-order valence-corrected chi connectivity index (χ1v) is 14.2. The lowest BCUT2D eigenvalue weighted by Gasteiger charge is -2.41. The van der Waals surface area contributed by atoms with E-state index >= 15 is 0 Å². The van der Waals surface area contributed by atoms with Crippen LogP contribution in [0.3, 0.4) is 0 Å². The van der Waals surface area contributed by atoms with Crippen LogP contribution < -0.4 is 0 Å². The molecule has 3 rings (SSSR count). The molecule has 5 unspecified atom stereocenters. The monoisotopic (exact) mass is 486 g/mol. The fourth-order valence-corrected chi connectivity index (χ4v) is 5.95. The molecule has 5 atom stereocenters. The third kappa shape index (κ3) is 8.48. The van der Waals surface area contributed by atoms with E-state index in [9.17, 15) is 9.90 Å². The topological polar surface area (TPSA) is 46.5 Å². The highest BCUT2D eigenvalue weighted by atomic mass is 16.5. The maximum Gasteiger partial charge on any atom is 0.333 e. The Kier molecular flexibility index (Phi) is 13.9. The molecule has 3 saturated carbocycles. The van der Waals surface area contributed by atoms with E-state index in [0.29, 0.717) is 11.0 Å². The van der Waals surface area contributed by atoms with Crippen LogP contribution in [-0.4, -0.2) is 24.3 Å². The number of unbranched alkanes of at least 4 members (excludes halogenated alkanes) is 1. The van der Waals surface area contributed by atoms with Crippen molar-refractivity contribution in [1.82, 2.24) is 0 Å². The Morgan fingerprint density at radius 1 is 1.20 bits per heavy atom. The highest BCUT2D eigenvalue weighted by molar-refractivity contribution is 5.88. The number of hydrogen-bond acceptors (Lipinski definition) is 3. The van der Waals surface area contributed by atoms with E-state index in [-0.39, 0.29) is 18.0 Å². The summed E-state index contributed by atoms with van der Waals surface area (Å²) >= 11 is 0. The summed E-state index contributed by atoms with van der Waals surface area (Å²) in [6.07, 6.45) is 17.5. The molecule has 0 aliphatic heterocycles. The number of fused-ring (bicyclic) bond motifs is 1. The van der Waals surface area contributed by atoms with Crippen molar-refractivity contribution >= 4 is 5.97 Å². The zero-order valence-corrected chi connectivity index (χ0v) is 23.9. The number of aliphatic hydroxyl groups excluding tert-OH is 1. The summed E-state index contributed by atoms with van der Waals surface area (Å²) < 4.78 is 4.57. The van der Waals surface area contributed by atoms with Crippen molar-refractivity contribution in [3.63, 3.8) is 0 Å². The third-order valence-corrected chi connectivity index (χ3v) is 8.71. The first-order valence-electron chi connectivity index (χ1n) is 14.2. The van der Waals surface area contributed by atoms with Crippen molar-refractivity contribution in [1.29, 1.82) is 0 Å². The van der Waals surface area contributed by atoms with Crippen LogP contribution in [-0.2, 0) is 9.53 Å². The first kappa shape index (κ1) is 31.4. The second-order valence-electron chi connectivity index (χ2n) is 10.8. The average Bonchev–Trinajstić information content (AvgIpc) is 3.18. The minimum absolute atomic E-state index is 0.248. The molecule has 0 spiro atoms. The Balaban J connectivity index is 0.000000376. The van der Waals surface area contributed by atoms with Crippen molar-refractivity contribution in [2.75, 3.05) is 7.11 Å². The zero-order valence-electron chi connectivity index (χ0n) is 23.9. The molecule has 0 heterocycles. The van der Waals surface area contributed by atoms with Crippen molar-refractivity contribution in [2.45, 2.75) is 118 Å². The van der Waals surface area contributed by atoms with Gasteiger partial charge in [-0.15, -0.1) is 0 Å². The Hall–Kier alpha value is -1.61. The predicted molar refractivity (Wildman–Crippen MR) is 150 cm³/mol. The van der Waals surface area contributed by atoms with Crippen LogP contribution >= 0.6 is 0 Å². The number of carbonyl (C=O) groups excluding carboxylic acids is 1. The molecule has 0 aromatic heterocycles. The van der Waals surface area contributed by atoms with Crippen molar-refractivity contribution in [3.8, 4) is 0 Å². The lowest BCUT2D eigenvalue weighted by atomic mass is 9.64. The van der Waals surface area contributed by atoms with Gasteiger partial charge in [-0.2, -0.15) is 0 Å². The fraction of sp³-hybridized carbons (Fsp3) is 0.719. The maximum absolute atomic E-state index is 11.0. The molecule has 0 radical (unpaired) electrons. The van der Waals surface area contributed by atoms with E-state index in [1.807, 2.05) is 20.8 Å². The molecular formula is C32H54O3. The van der Waals surface area contributed by atoms with Gasteiger partial charge in [-0.3, -0.25) is 0 Å². The van der Waals surface area contributed by atoms with Gasteiger partial charge in [0.1, 0.15) is 0 Å². The van der Waals surface area contributed by atoms with Crippen molar-refractivity contribution in [2.24, 2.45) is 23.2 Å². The molecule has 200 valence electrons. The largest absolute Gasteiger partial charge is 0.466 e. The quantitative estimate of drug-likeness (QED) is 0.301. The lowest BCUT2D eigenvalue weighted by Crippen LogP contribution is -2.31. The normalized spacial score (nSPS) is 31.0. The highest BCUT2D eigenvalue weighted by Crippen LogP contribution is 2.57. The summed E-state index contributed by atoms with van der Waals surface area (Å²) in [6, 6.07) is 0. The third-order valence-electron chi connectivity index (χ3n) is 8.71. The smallest absolute Gasteiger partial charge is 0.333 e. The maximum atomic E-state index is 11.0. The molecule has 0 bridgehead atoms. The molecule has 3 fully saturated rings. The summed E-state index contributed by atoms with van der Waals surface area (Å²) in [5, 5.41) is 9.95. The average molecular weight is 487 g/mol. The van der Waals surface area contributed by atoms with E-state index < -0.39 is 0 Å². The van der Waals surface area contributed by atoms with Gasteiger partial charge in [0.25, 0.3) is 0 Å². The number of hydrogen-bond donors (Lipinski definition) is 1. The Labute approximate surface area is 216 Å². The van der Waals surface area contributed by atoms with Gasteiger partial charge < -0.3 is 9.84 Å². The summed E-state index contributed by atoms with van der Waals surface area (Å²) in [5.41, 5.74) is 5.02. The number of aliphatic hydroxyl groups is 1. The second kappa shape index (κ2) is 15.5. The molecule has 0 amide bonds.